The van der Waals surface area contributed by atoms with Gasteiger partial charge in [-0.15, -0.1) is 0 Å². The maximum absolute atomic E-state index is 11.9. The van der Waals surface area contributed by atoms with Gasteiger partial charge in [0, 0.05) is 23.6 Å². The normalized spacial score (nSPS) is 10.7. The van der Waals surface area contributed by atoms with Gasteiger partial charge in [-0.3, -0.25) is 14.6 Å². The maximum Gasteiger partial charge on any atom is 0.271 e. The summed E-state index contributed by atoms with van der Waals surface area (Å²) in [6.45, 7) is 0. The van der Waals surface area contributed by atoms with Crippen LogP contribution < -0.4 is 10.7 Å². The Bertz CT molecular complexity index is 926. The molecule has 2 heterocycles. The summed E-state index contributed by atoms with van der Waals surface area (Å²) in [6, 6.07) is 15.9. The second-order valence-corrected chi connectivity index (χ2v) is 6.27. The number of amides is 2. The number of aromatic nitrogens is 1. The average molecular weight is 380 g/mol. The van der Waals surface area contributed by atoms with Crippen molar-refractivity contribution in [1.82, 2.24) is 10.4 Å². The highest BCUT2D eigenvalue weighted by Crippen LogP contribution is 2.20. The fourth-order valence-corrected chi connectivity index (χ4v) is 2.72. The van der Waals surface area contributed by atoms with Crippen molar-refractivity contribution in [2.45, 2.75) is 5.09 Å². The van der Waals surface area contributed by atoms with E-state index in [4.69, 9.17) is 4.42 Å². The average Bonchev–Trinajstić information content (AvgIpc) is 3.15. The molecule has 0 aliphatic carbocycles. The molecule has 0 radical (unpaired) electrons. The smallest absolute Gasteiger partial charge is 0.271 e. The first kappa shape index (κ1) is 18.4. The molecule has 2 aromatic heterocycles. The van der Waals surface area contributed by atoms with Gasteiger partial charge in [0.1, 0.15) is 5.76 Å². The van der Waals surface area contributed by atoms with Gasteiger partial charge < -0.3 is 9.73 Å². The largest absolute Gasteiger partial charge is 0.449 e. The van der Waals surface area contributed by atoms with E-state index >= 15 is 0 Å². The van der Waals surface area contributed by atoms with Crippen molar-refractivity contribution in [3.8, 4) is 0 Å². The maximum atomic E-state index is 11.9. The first-order valence-electron chi connectivity index (χ1n) is 8.02. The summed E-state index contributed by atoms with van der Waals surface area (Å²) >= 11 is 1.27. The van der Waals surface area contributed by atoms with Crippen LogP contribution in [0.3, 0.4) is 0 Å². The van der Waals surface area contributed by atoms with Gasteiger partial charge in [0.25, 0.3) is 5.91 Å². The van der Waals surface area contributed by atoms with Gasteiger partial charge in [-0.1, -0.05) is 30.0 Å². The Morgan fingerprint density at radius 1 is 1.07 bits per heavy atom. The van der Waals surface area contributed by atoms with E-state index in [1.54, 1.807) is 24.3 Å². The summed E-state index contributed by atoms with van der Waals surface area (Å²) in [4.78, 5) is 27.6. The minimum atomic E-state index is -0.340. The molecule has 0 bridgehead atoms. The minimum absolute atomic E-state index is 0.123. The van der Waals surface area contributed by atoms with E-state index in [0.717, 1.165) is 5.69 Å². The van der Waals surface area contributed by atoms with Crippen LogP contribution in [0.2, 0.25) is 0 Å². The first-order chi connectivity index (χ1) is 13.2. The Hall–Kier alpha value is -3.39. The van der Waals surface area contributed by atoms with Crippen LogP contribution in [-0.4, -0.2) is 28.8 Å². The van der Waals surface area contributed by atoms with Gasteiger partial charge in [-0.2, -0.15) is 5.10 Å². The van der Waals surface area contributed by atoms with Crippen molar-refractivity contribution in [1.29, 1.82) is 0 Å². The number of anilines is 1. The number of hydrogen-bond donors (Lipinski definition) is 2. The van der Waals surface area contributed by atoms with Crippen molar-refractivity contribution in [2.24, 2.45) is 5.10 Å². The zero-order chi connectivity index (χ0) is 18.9. The summed E-state index contributed by atoms with van der Waals surface area (Å²) in [5.41, 5.74) is 3.62. The summed E-state index contributed by atoms with van der Waals surface area (Å²) in [7, 11) is 0. The molecule has 0 saturated heterocycles. The minimum Gasteiger partial charge on any atom is -0.449 e. The number of furan rings is 1. The lowest BCUT2D eigenvalue weighted by Crippen LogP contribution is -2.17. The van der Waals surface area contributed by atoms with Crippen LogP contribution in [0.15, 0.2) is 81.6 Å². The van der Waals surface area contributed by atoms with Crippen molar-refractivity contribution in [2.75, 3.05) is 11.1 Å². The van der Waals surface area contributed by atoms with Gasteiger partial charge in [-0.05, 0) is 36.4 Å². The molecule has 0 unspecified atom stereocenters. The predicted octanol–water partition coefficient (Wildman–Crippen LogP) is 3.17. The SMILES string of the molecule is O=C(CSc1ccc(/C=N/NC(=O)c2ccncc2)o1)Nc1ccccc1. The number of nitrogens with zero attached hydrogens (tertiary/aromatic N) is 2. The molecule has 0 fully saturated rings. The molecule has 0 saturated carbocycles. The molecule has 136 valence electrons. The Balaban J connectivity index is 1.45. The monoisotopic (exact) mass is 380 g/mol. The predicted molar refractivity (Wildman–Crippen MR) is 104 cm³/mol. The van der Waals surface area contributed by atoms with E-state index in [1.165, 1.54) is 30.4 Å². The molecule has 0 spiro atoms. The molecule has 7 nitrogen and oxygen atoms in total. The molecule has 3 aromatic rings. The van der Waals surface area contributed by atoms with Crippen LogP contribution in [0.25, 0.3) is 0 Å². The van der Waals surface area contributed by atoms with Crippen molar-refractivity contribution in [3.05, 3.63) is 78.3 Å². The number of pyridine rings is 1. The first-order valence-corrected chi connectivity index (χ1v) is 9.00. The highest BCUT2D eigenvalue weighted by molar-refractivity contribution is 7.99. The molecule has 0 atom stereocenters. The van der Waals surface area contributed by atoms with Crippen LogP contribution >= 0.6 is 11.8 Å². The van der Waals surface area contributed by atoms with Crippen molar-refractivity contribution >= 4 is 35.5 Å². The van der Waals surface area contributed by atoms with E-state index in [0.29, 0.717) is 16.4 Å². The molecule has 2 amide bonds. The van der Waals surface area contributed by atoms with E-state index in [9.17, 15) is 9.59 Å². The van der Waals surface area contributed by atoms with Crippen LogP contribution in [0.1, 0.15) is 16.1 Å². The quantitative estimate of drug-likeness (QED) is 0.373. The lowest BCUT2D eigenvalue weighted by Gasteiger charge is -2.03. The van der Waals surface area contributed by atoms with Crippen LogP contribution in [-0.2, 0) is 4.79 Å². The summed E-state index contributed by atoms with van der Waals surface area (Å²) in [5.74, 6) is 0.225. The van der Waals surface area contributed by atoms with Crippen molar-refractivity contribution < 1.29 is 14.0 Å². The summed E-state index contributed by atoms with van der Waals surface area (Å²) in [6.07, 6.45) is 4.46. The van der Waals surface area contributed by atoms with Gasteiger partial charge in [0.05, 0.1) is 12.0 Å². The van der Waals surface area contributed by atoms with Gasteiger partial charge >= 0.3 is 0 Å². The van der Waals surface area contributed by atoms with Gasteiger partial charge in [-0.25, -0.2) is 5.43 Å². The molecule has 8 heteroatoms. The number of thioether (sulfide) groups is 1. The Kier molecular flexibility index (Phi) is 6.37. The van der Waals surface area contributed by atoms with Gasteiger partial charge in [0.2, 0.25) is 5.91 Å². The van der Waals surface area contributed by atoms with Crippen LogP contribution in [0.5, 0.6) is 0 Å². The molecule has 0 aliphatic heterocycles. The molecule has 27 heavy (non-hydrogen) atoms. The third kappa shape index (κ3) is 5.82. The number of rotatable bonds is 7. The number of nitrogens with one attached hydrogen (secondary N) is 2. The highest BCUT2D eigenvalue weighted by atomic mass is 32.2. The van der Waals surface area contributed by atoms with Crippen LogP contribution in [0, 0.1) is 0 Å². The molecule has 3 rings (SSSR count). The number of carbonyl (C=O) groups is 2. The molecule has 2 N–H and O–H groups in total. The van der Waals surface area contributed by atoms with E-state index in [2.05, 4.69) is 20.8 Å². The molecular weight excluding hydrogens is 364 g/mol. The van der Waals surface area contributed by atoms with Crippen molar-refractivity contribution in [3.63, 3.8) is 0 Å². The van der Waals surface area contributed by atoms with E-state index in [1.807, 2.05) is 30.3 Å². The lowest BCUT2D eigenvalue weighted by molar-refractivity contribution is -0.113. The number of carbonyl (C=O) groups excluding carboxylic acids is 2. The zero-order valence-electron chi connectivity index (χ0n) is 14.2. The van der Waals surface area contributed by atoms with Gasteiger partial charge in [0.15, 0.2) is 5.09 Å². The fourth-order valence-electron chi connectivity index (χ4n) is 2.06. The Morgan fingerprint density at radius 3 is 2.63 bits per heavy atom. The van der Waals surface area contributed by atoms with Crippen LogP contribution in [0.4, 0.5) is 5.69 Å². The fraction of sp³-hybridized carbons (Fsp3) is 0.0526. The Morgan fingerprint density at radius 2 is 1.85 bits per heavy atom. The molecule has 1 aromatic carbocycles. The number of para-hydroxylation sites is 1. The third-order valence-electron chi connectivity index (χ3n) is 3.31. The topological polar surface area (TPSA) is 96.6 Å². The third-order valence-corrected chi connectivity index (χ3v) is 4.22. The highest BCUT2D eigenvalue weighted by Gasteiger charge is 2.07. The summed E-state index contributed by atoms with van der Waals surface area (Å²) in [5, 5.41) is 7.24. The zero-order valence-corrected chi connectivity index (χ0v) is 15.0. The lowest BCUT2D eigenvalue weighted by atomic mass is 10.3. The van der Waals surface area contributed by atoms with E-state index < -0.39 is 0 Å². The second-order valence-electron chi connectivity index (χ2n) is 5.29. The molecule has 0 aliphatic rings. The number of benzene rings is 1. The summed E-state index contributed by atoms with van der Waals surface area (Å²) < 4.78 is 5.54. The Labute approximate surface area is 159 Å². The standard InChI is InChI=1S/C19H16N4O3S/c24-17(22-15-4-2-1-3-5-15)13-27-18-7-6-16(26-18)12-21-23-19(25)14-8-10-20-11-9-14/h1-12H,13H2,(H,22,24)(H,23,25)/b21-12+. The number of hydrazone groups is 1. The molecular formula is C19H16N4O3S. The number of hydrogen-bond acceptors (Lipinski definition) is 6. The van der Waals surface area contributed by atoms with E-state index in [-0.39, 0.29) is 17.6 Å². The second kappa shape index (κ2) is 9.35.